The Bertz CT molecular complexity index is 1280. The van der Waals surface area contributed by atoms with E-state index < -0.39 is 5.43 Å². The first kappa shape index (κ1) is 20.1. The van der Waals surface area contributed by atoms with Gasteiger partial charge in [-0.05, 0) is 39.3 Å². The molecule has 2 N–H and O–H groups in total. The van der Waals surface area contributed by atoms with E-state index >= 15 is 0 Å². The number of methoxy groups -OCH3 is 1. The Balaban J connectivity index is 2.14. The summed E-state index contributed by atoms with van der Waals surface area (Å²) in [4.78, 5) is 13.5. The topological polar surface area (TPSA) is 89.1 Å². The molecule has 0 aliphatic carbocycles. The van der Waals surface area contributed by atoms with Crippen LogP contribution in [-0.4, -0.2) is 23.4 Å². The lowest BCUT2D eigenvalue weighted by atomic mass is 9.81. The molecule has 6 nitrogen and oxygen atoms in total. The molecule has 3 aromatic rings. The molecule has 2 aromatic carbocycles. The number of allylic oxidation sites excluding steroid dienone is 2. The third-order valence-electron chi connectivity index (χ3n) is 6.10. The summed E-state index contributed by atoms with van der Waals surface area (Å²) in [6.45, 7) is 9.87. The van der Waals surface area contributed by atoms with Gasteiger partial charge in [0, 0.05) is 16.5 Å². The first-order valence-electron chi connectivity index (χ1n) is 9.93. The molecule has 1 unspecified atom stereocenters. The van der Waals surface area contributed by atoms with Gasteiger partial charge in [0.2, 0.25) is 5.43 Å². The Hall–Kier alpha value is -3.15. The Morgan fingerprint density at radius 1 is 1.17 bits per heavy atom. The highest BCUT2D eigenvalue weighted by molar-refractivity contribution is 6.01. The highest BCUT2D eigenvalue weighted by atomic mass is 16.5. The lowest BCUT2D eigenvalue weighted by molar-refractivity contribution is 0.186. The first-order chi connectivity index (χ1) is 14.1. The molecule has 0 fully saturated rings. The van der Waals surface area contributed by atoms with Crippen LogP contribution in [0, 0.1) is 0 Å². The van der Waals surface area contributed by atoms with Crippen LogP contribution >= 0.6 is 0 Å². The van der Waals surface area contributed by atoms with Crippen molar-refractivity contribution in [3.8, 4) is 23.0 Å². The van der Waals surface area contributed by atoms with Crippen molar-refractivity contribution in [1.29, 1.82) is 0 Å². The van der Waals surface area contributed by atoms with E-state index in [1.165, 1.54) is 7.11 Å². The van der Waals surface area contributed by atoms with Crippen LogP contribution in [0.4, 0.5) is 0 Å². The number of hydrogen-bond acceptors (Lipinski definition) is 6. The summed E-state index contributed by atoms with van der Waals surface area (Å²) in [6.07, 6.45) is 2.29. The molecule has 1 aromatic heterocycles. The minimum Gasteiger partial charge on any atom is -0.507 e. The van der Waals surface area contributed by atoms with E-state index in [2.05, 4.69) is 0 Å². The van der Waals surface area contributed by atoms with E-state index in [9.17, 15) is 15.0 Å². The van der Waals surface area contributed by atoms with E-state index in [1.807, 2.05) is 40.7 Å². The first-order valence-corrected chi connectivity index (χ1v) is 9.93. The molecule has 158 valence electrons. The van der Waals surface area contributed by atoms with Gasteiger partial charge < -0.3 is 24.1 Å². The molecule has 0 spiro atoms. The van der Waals surface area contributed by atoms with E-state index in [4.69, 9.17) is 13.9 Å². The number of rotatable bonds is 3. The Morgan fingerprint density at radius 3 is 2.50 bits per heavy atom. The molecular weight excluding hydrogens is 384 g/mol. The van der Waals surface area contributed by atoms with Crippen LogP contribution in [0.25, 0.3) is 21.9 Å². The van der Waals surface area contributed by atoms with Crippen molar-refractivity contribution >= 4 is 21.9 Å². The van der Waals surface area contributed by atoms with Gasteiger partial charge in [0.15, 0.2) is 22.7 Å². The maximum atomic E-state index is 13.5. The molecule has 0 saturated carbocycles. The third kappa shape index (κ3) is 2.74. The van der Waals surface area contributed by atoms with Gasteiger partial charge in [-0.3, -0.25) is 4.79 Å². The molecular formula is C24H26O6. The second kappa shape index (κ2) is 6.69. The number of benzene rings is 2. The minimum atomic E-state index is -0.473. The number of fused-ring (bicyclic) bond motifs is 4. The van der Waals surface area contributed by atoms with E-state index in [-0.39, 0.29) is 45.0 Å². The number of ether oxygens (including phenoxy) is 2. The van der Waals surface area contributed by atoms with Crippen molar-refractivity contribution in [1.82, 2.24) is 0 Å². The molecule has 1 aliphatic heterocycles. The molecule has 30 heavy (non-hydrogen) atoms. The van der Waals surface area contributed by atoms with Gasteiger partial charge in [0.05, 0.1) is 7.11 Å². The molecule has 4 rings (SSSR count). The van der Waals surface area contributed by atoms with E-state index in [0.717, 1.165) is 11.1 Å². The van der Waals surface area contributed by atoms with Crippen LogP contribution in [-0.2, 0) is 11.8 Å². The van der Waals surface area contributed by atoms with Crippen molar-refractivity contribution in [3.63, 3.8) is 0 Å². The summed E-state index contributed by atoms with van der Waals surface area (Å²) in [5, 5.41) is 21.5. The van der Waals surface area contributed by atoms with Gasteiger partial charge in [-0.1, -0.05) is 25.5 Å². The highest BCUT2D eigenvalue weighted by Crippen LogP contribution is 2.50. The van der Waals surface area contributed by atoms with Crippen LogP contribution in [0.15, 0.2) is 33.0 Å². The predicted octanol–water partition coefficient (Wildman–Crippen LogP) is 4.93. The van der Waals surface area contributed by atoms with Crippen molar-refractivity contribution in [3.05, 3.63) is 45.1 Å². The Kier molecular flexibility index (Phi) is 4.49. The second-order valence-electron chi connectivity index (χ2n) is 8.67. The normalized spacial score (nSPS) is 17.1. The summed E-state index contributed by atoms with van der Waals surface area (Å²) < 4.78 is 17.6. The Labute approximate surface area is 174 Å². The molecule has 1 aliphatic rings. The molecule has 1 atom stereocenters. The molecule has 0 bridgehead atoms. The fourth-order valence-corrected chi connectivity index (χ4v) is 4.01. The zero-order valence-electron chi connectivity index (χ0n) is 18.0. The van der Waals surface area contributed by atoms with Gasteiger partial charge in [-0.25, -0.2) is 0 Å². The summed E-state index contributed by atoms with van der Waals surface area (Å²) >= 11 is 0. The summed E-state index contributed by atoms with van der Waals surface area (Å²) in [5.74, 6) is 0.405. The van der Waals surface area contributed by atoms with Crippen LogP contribution in [0.2, 0.25) is 0 Å². The number of aromatic hydroxyl groups is 2. The lowest BCUT2D eigenvalue weighted by Gasteiger charge is -2.22. The van der Waals surface area contributed by atoms with Gasteiger partial charge >= 0.3 is 0 Å². The maximum absolute atomic E-state index is 13.5. The van der Waals surface area contributed by atoms with Crippen LogP contribution in [0.3, 0.4) is 0 Å². The van der Waals surface area contributed by atoms with Crippen molar-refractivity contribution < 1.29 is 24.1 Å². The van der Waals surface area contributed by atoms with Gasteiger partial charge in [0.1, 0.15) is 28.4 Å². The average Bonchev–Trinajstić information content (AvgIpc) is 2.90. The highest BCUT2D eigenvalue weighted by Gasteiger charge is 2.41. The van der Waals surface area contributed by atoms with E-state index in [1.54, 1.807) is 12.1 Å². The molecule has 0 radical (unpaired) electrons. The molecule has 0 amide bonds. The smallest absolute Gasteiger partial charge is 0.208 e. The number of phenolic OH excluding ortho intramolecular Hbond substituents is 2. The quantitative estimate of drug-likeness (QED) is 0.470. The van der Waals surface area contributed by atoms with Crippen LogP contribution in [0.5, 0.6) is 23.0 Å². The third-order valence-corrected chi connectivity index (χ3v) is 6.10. The largest absolute Gasteiger partial charge is 0.507 e. The monoisotopic (exact) mass is 410 g/mol. The Morgan fingerprint density at radius 2 is 1.87 bits per heavy atom. The van der Waals surface area contributed by atoms with Crippen molar-refractivity contribution in [2.24, 2.45) is 0 Å². The molecule has 0 saturated heterocycles. The zero-order valence-corrected chi connectivity index (χ0v) is 18.0. The second-order valence-corrected chi connectivity index (χ2v) is 8.67. The fraction of sp³-hybridized carbons (Fsp3) is 0.375. The molecule has 2 heterocycles. The standard InChI is InChI=1S/C24H26O6/c1-11(2)7-8-13-9-16(26)22-18(20(13)28-6)19(27)17-15(25)10-14-21(23(17)30-22)29-12(3)24(14,4)5/h7,9-10,12,25-26H,8H2,1-6H3. The van der Waals surface area contributed by atoms with Crippen molar-refractivity contribution in [2.75, 3.05) is 7.11 Å². The average molecular weight is 410 g/mol. The van der Waals surface area contributed by atoms with Crippen LogP contribution in [0.1, 0.15) is 45.7 Å². The summed E-state index contributed by atoms with van der Waals surface area (Å²) in [5.41, 5.74) is 1.81. The van der Waals surface area contributed by atoms with Gasteiger partial charge in [0.25, 0.3) is 0 Å². The van der Waals surface area contributed by atoms with E-state index in [0.29, 0.717) is 23.5 Å². The molecule has 6 heteroatoms. The summed E-state index contributed by atoms with van der Waals surface area (Å²) in [7, 11) is 1.47. The minimum absolute atomic E-state index is 0.0130. The van der Waals surface area contributed by atoms with Crippen LogP contribution < -0.4 is 14.9 Å². The van der Waals surface area contributed by atoms with Gasteiger partial charge in [-0.2, -0.15) is 0 Å². The number of hydrogen-bond donors (Lipinski definition) is 2. The van der Waals surface area contributed by atoms with Crippen molar-refractivity contribution in [2.45, 2.75) is 52.6 Å². The maximum Gasteiger partial charge on any atom is 0.208 e. The SMILES string of the molecule is COc1c(CC=C(C)C)cc(O)c2oc3c4c(cc(O)c3c(=O)c12)C(C)(C)C(C)O4. The predicted molar refractivity (Wildman–Crippen MR) is 116 cm³/mol. The summed E-state index contributed by atoms with van der Waals surface area (Å²) in [6, 6.07) is 3.12. The zero-order chi connectivity index (χ0) is 22.0. The lowest BCUT2D eigenvalue weighted by Crippen LogP contribution is -2.28. The fourth-order valence-electron chi connectivity index (χ4n) is 4.01. The number of phenols is 2. The van der Waals surface area contributed by atoms with Gasteiger partial charge in [-0.15, -0.1) is 0 Å².